The van der Waals surface area contributed by atoms with E-state index in [0.29, 0.717) is 39.7 Å². The van der Waals surface area contributed by atoms with Crippen LogP contribution in [0.4, 0.5) is 0 Å². The lowest BCUT2D eigenvalue weighted by molar-refractivity contribution is 0.0948. The first kappa shape index (κ1) is 17.9. The number of fused-ring (bicyclic) bond motifs is 3. The molecule has 148 valence electrons. The molecule has 2 N–H and O–H groups in total. The van der Waals surface area contributed by atoms with Gasteiger partial charge < -0.3 is 9.73 Å². The second-order valence-electron chi connectivity index (χ2n) is 7.13. The predicted molar refractivity (Wildman–Crippen MR) is 114 cm³/mol. The fourth-order valence-corrected chi connectivity index (χ4v) is 3.46. The van der Waals surface area contributed by atoms with Gasteiger partial charge in [0.05, 0.1) is 34.9 Å². The van der Waals surface area contributed by atoms with Gasteiger partial charge in [0.25, 0.3) is 11.5 Å². The monoisotopic (exact) mass is 398 g/mol. The number of aromatic nitrogens is 3. The fraction of sp³-hybridized carbons (Fsp3) is 0.0870. The molecule has 0 aliphatic rings. The Morgan fingerprint density at radius 2 is 1.97 bits per heavy atom. The van der Waals surface area contributed by atoms with Crippen LogP contribution in [0.25, 0.3) is 27.5 Å². The summed E-state index contributed by atoms with van der Waals surface area (Å²) in [5.41, 5.74) is 3.49. The Balaban J connectivity index is 1.57. The fourth-order valence-electron chi connectivity index (χ4n) is 3.46. The highest BCUT2D eigenvalue weighted by Gasteiger charge is 2.14. The number of pyridine rings is 1. The SMILES string of the molecule is Cc1ccc(-n2[nH]c3c(cnc4ccc(C(=O)NCc5ccco5)cc43)c2=O)cc1. The molecular weight excluding hydrogens is 380 g/mol. The average molecular weight is 398 g/mol. The van der Waals surface area contributed by atoms with Crippen LogP contribution in [0.15, 0.2) is 76.3 Å². The number of H-pyrrole nitrogens is 1. The summed E-state index contributed by atoms with van der Waals surface area (Å²) in [4.78, 5) is 29.9. The minimum Gasteiger partial charge on any atom is -0.467 e. The largest absolute Gasteiger partial charge is 0.467 e. The van der Waals surface area contributed by atoms with E-state index >= 15 is 0 Å². The lowest BCUT2D eigenvalue weighted by Crippen LogP contribution is -2.22. The standard InChI is InChI=1S/C23H18N4O3/c1-14-4-7-16(8-5-14)27-23(29)19-13-24-20-9-6-15(11-18(20)21(19)26-27)22(28)25-12-17-3-2-10-30-17/h2-11,13,26H,12H2,1H3,(H,25,28). The van der Waals surface area contributed by atoms with Crippen molar-refractivity contribution in [3.63, 3.8) is 0 Å². The van der Waals surface area contributed by atoms with Gasteiger partial charge in [-0.1, -0.05) is 17.7 Å². The van der Waals surface area contributed by atoms with Crippen molar-refractivity contribution >= 4 is 27.7 Å². The minimum atomic E-state index is -0.231. The molecule has 30 heavy (non-hydrogen) atoms. The number of carbonyl (C=O) groups is 1. The highest BCUT2D eigenvalue weighted by Crippen LogP contribution is 2.22. The number of nitrogens with one attached hydrogen (secondary N) is 2. The van der Waals surface area contributed by atoms with Gasteiger partial charge in [0.1, 0.15) is 5.76 Å². The molecule has 0 spiro atoms. The lowest BCUT2D eigenvalue weighted by Gasteiger charge is -2.05. The molecule has 2 aromatic carbocycles. The smallest absolute Gasteiger partial charge is 0.280 e. The average Bonchev–Trinajstić information content (AvgIpc) is 3.40. The molecule has 3 aromatic heterocycles. The third-order valence-corrected chi connectivity index (χ3v) is 5.08. The molecule has 0 fully saturated rings. The second-order valence-corrected chi connectivity index (χ2v) is 7.13. The first-order valence-electron chi connectivity index (χ1n) is 9.51. The molecule has 0 saturated heterocycles. The molecule has 5 aromatic rings. The van der Waals surface area contributed by atoms with E-state index in [1.54, 1.807) is 42.8 Å². The highest BCUT2D eigenvalue weighted by molar-refractivity contribution is 6.06. The summed E-state index contributed by atoms with van der Waals surface area (Å²) in [5, 5.41) is 7.19. The van der Waals surface area contributed by atoms with Crippen LogP contribution in [0, 0.1) is 6.92 Å². The first-order valence-corrected chi connectivity index (χ1v) is 9.51. The number of benzene rings is 2. The van der Waals surface area contributed by atoms with Crippen molar-refractivity contribution < 1.29 is 9.21 Å². The van der Waals surface area contributed by atoms with Crippen LogP contribution in [0.2, 0.25) is 0 Å². The Hall–Kier alpha value is -4.13. The van der Waals surface area contributed by atoms with Crippen LogP contribution in [0.5, 0.6) is 0 Å². The van der Waals surface area contributed by atoms with Gasteiger partial charge in [0.15, 0.2) is 0 Å². The Kier molecular flexibility index (Phi) is 4.21. The summed E-state index contributed by atoms with van der Waals surface area (Å²) in [7, 11) is 0. The van der Waals surface area contributed by atoms with Crippen molar-refractivity contribution in [2.24, 2.45) is 0 Å². The molecule has 0 atom stereocenters. The summed E-state index contributed by atoms with van der Waals surface area (Å²) in [6.45, 7) is 2.29. The van der Waals surface area contributed by atoms with Crippen molar-refractivity contribution in [3.8, 4) is 5.69 Å². The van der Waals surface area contributed by atoms with Crippen LogP contribution in [0.3, 0.4) is 0 Å². The summed E-state index contributed by atoms with van der Waals surface area (Å²) in [6.07, 6.45) is 3.13. The third-order valence-electron chi connectivity index (χ3n) is 5.08. The molecule has 0 radical (unpaired) electrons. The van der Waals surface area contributed by atoms with Gasteiger partial charge in [-0.05, 0) is 49.4 Å². The van der Waals surface area contributed by atoms with E-state index in [0.717, 1.165) is 11.3 Å². The molecule has 0 aliphatic carbocycles. The molecular formula is C23H18N4O3. The topological polar surface area (TPSA) is 92.9 Å². The number of hydrogen-bond acceptors (Lipinski definition) is 4. The van der Waals surface area contributed by atoms with Crippen LogP contribution >= 0.6 is 0 Å². The van der Waals surface area contributed by atoms with Crippen molar-refractivity contribution in [2.45, 2.75) is 13.5 Å². The number of aryl methyl sites for hydroxylation is 1. The zero-order valence-electron chi connectivity index (χ0n) is 16.2. The zero-order chi connectivity index (χ0) is 20.7. The number of nitrogens with zero attached hydrogens (tertiary/aromatic N) is 2. The molecule has 3 heterocycles. The van der Waals surface area contributed by atoms with Crippen molar-refractivity contribution in [1.29, 1.82) is 0 Å². The maximum atomic E-state index is 12.9. The van der Waals surface area contributed by atoms with Gasteiger partial charge in [0, 0.05) is 17.1 Å². The maximum Gasteiger partial charge on any atom is 0.280 e. The molecule has 0 aliphatic heterocycles. The molecule has 5 rings (SSSR count). The summed E-state index contributed by atoms with van der Waals surface area (Å²) in [5.74, 6) is 0.443. The van der Waals surface area contributed by atoms with Gasteiger partial charge >= 0.3 is 0 Å². The number of rotatable bonds is 4. The normalized spacial score (nSPS) is 11.2. The number of hydrogen-bond donors (Lipinski definition) is 2. The second kappa shape index (κ2) is 7.04. The zero-order valence-corrected chi connectivity index (χ0v) is 16.2. The van der Waals surface area contributed by atoms with E-state index in [9.17, 15) is 9.59 Å². The number of carbonyl (C=O) groups excluding carboxylic acids is 1. The van der Waals surface area contributed by atoms with E-state index < -0.39 is 0 Å². The molecule has 7 heteroatoms. The lowest BCUT2D eigenvalue weighted by atomic mass is 10.1. The van der Waals surface area contributed by atoms with E-state index in [-0.39, 0.29) is 11.5 Å². The minimum absolute atomic E-state index is 0.184. The molecule has 0 unspecified atom stereocenters. The number of amides is 1. The first-order chi connectivity index (χ1) is 14.6. The molecule has 0 bridgehead atoms. The number of furan rings is 1. The molecule has 1 amide bonds. The van der Waals surface area contributed by atoms with Crippen LogP contribution in [0.1, 0.15) is 21.7 Å². The van der Waals surface area contributed by atoms with Gasteiger partial charge in [-0.25, -0.2) is 4.68 Å². The maximum absolute atomic E-state index is 12.9. The Morgan fingerprint density at radius 3 is 2.73 bits per heavy atom. The summed E-state index contributed by atoms with van der Waals surface area (Å²) in [6, 6.07) is 16.5. The van der Waals surface area contributed by atoms with E-state index in [1.807, 2.05) is 31.2 Å². The Bertz CT molecular complexity index is 1430. The van der Waals surface area contributed by atoms with Crippen LogP contribution in [-0.4, -0.2) is 20.7 Å². The van der Waals surface area contributed by atoms with Crippen molar-refractivity contribution in [3.05, 3.63) is 94.3 Å². The van der Waals surface area contributed by atoms with Gasteiger partial charge in [-0.15, -0.1) is 0 Å². The Morgan fingerprint density at radius 1 is 1.13 bits per heavy atom. The summed E-state index contributed by atoms with van der Waals surface area (Å²) < 4.78 is 6.74. The van der Waals surface area contributed by atoms with Gasteiger partial charge in [0.2, 0.25) is 0 Å². The van der Waals surface area contributed by atoms with Gasteiger partial charge in [-0.3, -0.25) is 19.7 Å². The van der Waals surface area contributed by atoms with Crippen molar-refractivity contribution in [2.75, 3.05) is 0 Å². The number of aromatic amines is 1. The quantitative estimate of drug-likeness (QED) is 0.483. The van der Waals surface area contributed by atoms with Crippen LogP contribution in [-0.2, 0) is 6.54 Å². The van der Waals surface area contributed by atoms with E-state index in [4.69, 9.17) is 4.42 Å². The predicted octanol–water partition coefficient (Wildman–Crippen LogP) is 3.70. The van der Waals surface area contributed by atoms with Crippen LogP contribution < -0.4 is 10.9 Å². The van der Waals surface area contributed by atoms with E-state index in [2.05, 4.69) is 15.4 Å². The molecule has 0 saturated carbocycles. The Labute approximate surface area is 170 Å². The summed E-state index contributed by atoms with van der Waals surface area (Å²) >= 11 is 0. The van der Waals surface area contributed by atoms with E-state index in [1.165, 1.54) is 4.68 Å². The third kappa shape index (κ3) is 3.06. The van der Waals surface area contributed by atoms with Gasteiger partial charge in [-0.2, -0.15) is 0 Å². The molecule has 7 nitrogen and oxygen atoms in total. The van der Waals surface area contributed by atoms with Crippen molar-refractivity contribution in [1.82, 2.24) is 20.1 Å². The highest BCUT2D eigenvalue weighted by atomic mass is 16.3.